The lowest BCUT2D eigenvalue weighted by molar-refractivity contribution is -0.122. The lowest BCUT2D eigenvalue weighted by Gasteiger charge is -2.10. The topological polar surface area (TPSA) is 81.2 Å². The molecule has 3 N–H and O–H groups in total. The molecule has 1 aromatic carbocycles. The summed E-state index contributed by atoms with van der Waals surface area (Å²) >= 11 is 1.69. The average Bonchev–Trinajstić information content (AvgIpc) is 2.89. The molecule has 21 heavy (non-hydrogen) atoms. The molecule has 2 aromatic rings. The molecule has 6 heteroatoms. The third kappa shape index (κ3) is 4.22. The molecule has 1 heterocycles. The summed E-state index contributed by atoms with van der Waals surface area (Å²) in [6.07, 6.45) is 3.25. The highest BCUT2D eigenvalue weighted by Gasteiger charge is 2.13. The summed E-state index contributed by atoms with van der Waals surface area (Å²) < 4.78 is 5.66. The van der Waals surface area contributed by atoms with Gasteiger partial charge in [-0.2, -0.15) is 11.8 Å². The van der Waals surface area contributed by atoms with Gasteiger partial charge in [-0.1, -0.05) is 12.1 Å². The number of nitrogens with two attached hydrogens (primary N) is 1. The van der Waals surface area contributed by atoms with Crippen molar-refractivity contribution in [1.29, 1.82) is 0 Å². The first-order chi connectivity index (χ1) is 10.1. The molecule has 5 nitrogen and oxygen atoms in total. The van der Waals surface area contributed by atoms with E-state index in [1.807, 2.05) is 31.4 Å². The van der Waals surface area contributed by atoms with Crippen molar-refractivity contribution >= 4 is 28.8 Å². The van der Waals surface area contributed by atoms with Crippen LogP contribution in [0.1, 0.15) is 17.9 Å². The van der Waals surface area contributed by atoms with E-state index in [0.717, 1.165) is 22.4 Å². The number of thioether (sulfide) groups is 1. The minimum atomic E-state index is -0.441. The van der Waals surface area contributed by atoms with Gasteiger partial charge < -0.3 is 15.5 Å². The number of fused-ring (bicyclic) bond motifs is 1. The van der Waals surface area contributed by atoms with Crippen molar-refractivity contribution in [2.75, 3.05) is 18.6 Å². The maximum Gasteiger partial charge on any atom is 0.236 e. The number of benzene rings is 1. The van der Waals surface area contributed by atoms with E-state index < -0.39 is 6.04 Å². The Morgan fingerprint density at radius 1 is 1.52 bits per heavy atom. The zero-order valence-electron chi connectivity index (χ0n) is 12.4. The maximum absolute atomic E-state index is 11.8. The summed E-state index contributed by atoms with van der Waals surface area (Å²) in [6, 6.07) is 5.40. The second kappa shape index (κ2) is 7.47. The molecule has 0 bridgehead atoms. The van der Waals surface area contributed by atoms with Crippen LogP contribution in [-0.2, 0) is 11.2 Å². The fraction of sp³-hybridized carbons (Fsp3) is 0.467. The number of aromatic nitrogens is 1. The van der Waals surface area contributed by atoms with E-state index in [9.17, 15) is 4.79 Å². The third-order valence-corrected chi connectivity index (χ3v) is 3.92. The quantitative estimate of drug-likeness (QED) is 0.816. The van der Waals surface area contributed by atoms with Crippen LogP contribution in [-0.4, -0.2) is 35.5 Å². The average molecular weight is 307 g/mol. The van der Waals surface area contributed by atoms with Crippen LogP contribution >= 0.6 is 11.8 Å². The van der Waals surface area contributed by atoms with E-state index in [4.69, 9.17) is 10.2 Å². The predicted octanol–water partition coefficient (Wildman–Crippen LogP) is 1.88. The smallest absolute Gasteiger partial charge is 0.236 e. The number of carbonyl (C=O) groups is 1. The molecule has 1 amide bonds. The molecule has 0 unspecified atom stereocenters. The van der Waals surface area contributed by atoms with Crippen molar-refractivity contribution in [1.82, 2.24) is 10.3 Å². The molecule has 2 rings (SSSR count). The van der Waals surface area contributed by atoms with E-state index in [-0.39, 0.29) is 5.91 Å². The number of aryl methyl sites for hydroxylation is 1. The maximum atomic E-state index is 11.8. The molecule has 0 saturated carbocycles. The Balaban J connectivity index is 1.85. The number of amides is 1. The Bertz CT molecular complexity index is 612. The normalized spacial score (nSPS) is 12.5. The van der Waals surface area contributed by atoms with Crippen molar-refractivity contribution in [3.05, 3.63) is 29.7 Å². The number of hydrogen-bond acceptors (Lipinski definition) is 5. The van der Waals surface area contributed by atoms with Crippen LogP contribution in [0.3, 0.4) is 0 Å². The standard InChI is InChI=1S/C15H21N3O2S/c1-10-4-3-5-12-14(10)18-13(20-12)6-8-17-15(19)11(16)7-9-21-2/h3-5,11H,6-9,16H2,1-2H3,(H,17,19)/t11-/m0/s1. The number of carbonyl (C=O) groups excluding carboxylic acids is 1. The molecule has 0 fully saturated rings. The van der Waals surface area contributed by atoms with Crippen molar-refractivity contribution in [2.24, 2.45) is 5.73 Å². The zero-order chi connectivity index (χ0) is 15.2. The highest BCUT2D eigenvalue weighted by molar-refractivity contribution is 7.98. The summed E-state index contributed by atoms with van der Waals surface area (Å²) in [6.45, 7) is 2.48. The number of rotatable bonds is 7. The first kappa shape index (κ1) is 15.9. The third-order valence-electron chi connectivity index (χ3n) is 3.27. The van der Waals surface area contributed by atoms with Crippen LogP contribution < -0.4 is 11.1 Å². The number of para-hydroxylation sites is 1. The Morgan fingerprint density at radius 3 is 3.05 bits per heavy atom. The Kier molecular flexibility index (Phi) is 5.64. The van der Waals surface area contributed by atoms with Crippen molar-refractivity contribution in [3.8, 4) is 0 Å². The van der Waals surface area contributed by atoms with Crippen LogP contribution in [0.15, 0.2) is 22.6 Å². The summed E-state index contributed by atoms with van der Waals surface area (Å²) in [4.78, 5) is 16.2. The molecular weight excluding hydrogens is 286 g/mol. The van der Waals surface area contributed by atoms with Crippen molar-refractivity contribution < 1.29 is 9.21 Å². The van der Waals surface area contributed by atoms with Gasteiger partial charge in [0.25, 0.3) is 0 Å². The van der Waals surface area contributed by atoms with E-state index in [2.05, 4.69) is 10.3 Å². The summed E-state index contributed by atoms with van der Waals surface area (Å²) in [7, 11) is 0. The molecule has 1 atom stereocenters. The lowest BCUT2D eigenvalue weighted by atomic mass is 10.2. The molecule has 0 radical (unpaired) electrons. The van der Waals surface area contributed by atoms with Gasteiger partial charge in [0.1, 0.15) is 5.52 Å². The zero-order valence-corrected chi connectivity index (χ0v) is 13.2. The number of nitrogens with one attached hydrogen (secondary N) is 1. The highest BCUT2D eigenvalue weighted by atomic mass is 32.2. The molecule has 0 aliphatic heterocycles. The highest BCUT2D eigenvalue weighted by Crippen LogP contribution is 2.18. The Labute approximate surface area is 128 Å². The van der Waals surface area contributed by atoms with Gasteiger partial charge in [0.15, 0.2) is 11.5 Å². The lowest BCUT2D eigenvalue weighted by Crippen LogP contribution is -2.41. The molecule has 0 saturated heterocycles. The summed E-state index contributed by atoms with van der Waals surface area (Å²) in [5.41, 5.74) is 8.56. The summed E-state index contributed by atoms with van der Waals surface area (Å²) in [5, 5.41) is 2.83. The summed E-state index contributed by atoms with van der Waals surface area (Å²) in [5.74, 6) is 1.41. The largest absolute Gasteiger partial charge is 0.441 e. The van der Waals surface area contributed by atoms with Crippen molar-refractivity contribution in [3.63, 3.8) is 0 Å². The molecule has 114 valence electrons. The van der Waals surface area contributed by atoms with Gasteiger partial charge in [0.2, 0.25) is 5.91 Å². The van der Waals surface area contributed by atoms with Gasteiger partial charge in [-0.3, -0.25) is 4.79 Å². The van der Waals surface area contributed by atoms with Crippen LogP contribution in [0.25, 0.3) is 11.1 Å². The minimum absolute atomic E-state index is 0.114. The number of nitrogens with zero attached hydrogens (tertiary/aromatic N) is 1. The second-order valence-electron chi connectivity index (χ2n) is 4.96. The van der Waals surface area contributed by atoms with Gasteiger partial charge >= 0.3 is 0 Å². The van der Waals surface area contributed by atoms with Gasteiger partial charge in [0.05, 0.1) is 6.04 Å². The first-order valence-corrected chi connectivity index (χ1v) is 8.38. The van der Waals surface area contributed by atoms with Gasteiger partial charge in [0, 0.05) is 13.0 Å². The second-order valence-corrected chi connectivity index (χ2v) is 5.94. The molecular formula is C15H21N3O2S. The van der Waals surface area contributed by atoms with Crippen LogP contribution in [0.5, 0.6) is 0 Å². The molecule has 0 aliphatic carbocycles. The number of oxazole rings is 1. The minimum Gasteiger partial charge on any atom is -0.441 e. The van der Waals surface area contributed by atoms with Crippen LogP contribution in [0, 0.1) is 6.92 Å². The fourth-order valence-corrected chi connectivity index (χ4v) is 2.53. The monoisotopic (exact) mass is 307 g/mol. The Hall–Kier alpha value is -1.53. The Morgan fingerprint density at radius 2 is 2.33 bits per heavy atom. The van der Waals surface area contributed by atoms with Gasteiger partial charge in [-0.15, -0.1) is 0 Å². The molecule has 1 aromatic heterocycles. The fourth-order valence-electron chi connectivity index (χ4n) is 2.04. The van der Waals surface area contributed by atoms with E-state index in [0.29, 0.717) is 25.3 Å². The van der Waals surface area contributed by atoms with Gasteiger partial charge in [-0.05, 0) is 37.0 Å². The first-order valence-electron chi connectivity index (χ1n) is 6.99. The van der Waals surface area contributed by atoms with Crippen molar-refractivity contribution in [2.45, 2.75) is 25.8 Å². The molecule has 0 spiro atoms. The van der Waals surface area contributed by atoms with E-state index >= 15 is 0 Å². The van der Waals surface area contributed by atoms with E-state index in [1.165, 1.54) is 0 Å². The molecule has 0 aliphatic rings. The SMILES string of the molecule is CSCC[C@H](N)C(=O)NCCc1nc2c(C)cccc2o1. The van der Waals surface area contributed by atoms with Crippen LogP contribution in [0.4, 0.5) is 0 Å². The van der Waals surface area contributed by atoms with Gasteiger partial charge in [-0.25, -0.2) is 4.98 Å². The predicted molar refractivity (Wildman–Crippen MR) is 86.4 cm³/mol. The van der Waals surface area contributed by atoms with E-state index in [1.54, 1.807) is 11.8 Å². The van der Waals surface area contributed by atoms with Crippen LogP contribution in [0.2, 0.25) is 0 Å². The number of hydrogen-bond donors (Lipinski definition) is 2.